The van der Waals surface area contributed by atoms with Crippen molar-refractivity contribution in [1.29, 1.82) is 0 Å². The Morgan fingerprint density at radius 2 is 2.36 bits per heavy atom. The minimum absolute atomic E-state index is 0.199. The Bertz CT molecular complexity index is 368. The highest BCUT2D eigenvalue weighted by Gasteiger charge is 2.21. The standard InChI is InChI=1S/C9H10ClNO3/c1-5-2-7-9(14-4-13-7)8(10)6(5)3-11-12/h2,11-12H,3-4H2,1H3. The van der Waals surface area contributed by atoms with Gasteiger partial charge in [0.25, 0.3) is 0 Å². The molecule has 2 rings (SSSR count). The van der Waals surface area contributed by atoms with Gasteiger partial charge in [0.05, 0.1) is 5.02 Å². The molecule has 0 fully saturated rings. The molecule has 0 unspecified atom stereocenters. The molecule has 14 heavy (non-hydrogen) atoms. The fourth-order valence-corrected chi connectivity index (χ4v) is 1.82. The summed E-state index contributed by atoms with van der Waals surface area (Å²) in [6.45, 7) is 2.40. The van der Waals surface area contributed by atoms with Crippen molar-refractivity contribution in [3.8, 4) is 11.5 Å². The van der Waals surface area contributed by atoms with E-state index in [1.54, 1.807) is 0 Å². The van der Waals surface area contributed by atoms with Crippen LogP contribution in [0.3, 0.4) is 0 Å². The molecule has 1 heterocycles. The monoisotopic (exact) mass is 215 g/mol. The van der Waals surface area contributed by atoms with Crippen LogP contribution in [0.1, 0.15) is 11.1 Å². The van der Waals surface area contributed by atoms with Crippen LogP contribution in [-0.4, -0.2) is 12.0 Å². The Hall–Kier alpha value is -0.970. The molecule has 0 saturated carbocycles. The van der Waals surface area contributed by atoms with E-state index in [1.807, 2.05) is 13.0 Å². The summed E-state index contributed by atoms with van der Waals surface area (Å²) in [7, 11) is 0. The maximum absolute atomic E-state index is 8.64. The van der Waals surface area contributed by atoms with Crippen molar-refractivity contribution in [2.75, 3.05) is 6.79 Å². The third kappa shape index (κ3) is 1.41. The number of aryl methyl sites for hydroxylation is 1. The van der Waals surface area contributed by atoms with E-state index >= 15 is 0 Å². The summed E-state index contributed by atoms with van der Waals surface area (Å²) in [6.07, 6.45) is 0. The maximum atomic E-state index is 8.64. The number of hydrogen-bond donors (Lipinski definition) is 2. The van der Waals surface area contributed by atoms with Gasteiger partial charge in [-0.15, -0.1) is 0 Å². The molecule has 1 aliphatic rings. The molecule has 5 heteroatoms. The van der Waals surface area contributed by atoms with Crippen molar-refractivity contribution < 1.29 is 14.7 Å². The van der Waals surface area contributed by atoms with Crippen molar-refractivity contribution in [1.82, 2.24) is 5.48 Å². The van der Waals surface area contributed by atoms with E-state index in [9.17, 15) is 0 Å². The number of fused-ring (bicyclic) bond motifs is 1. The summed E-state index contributed by atoms with van der Waals surface area (Å²) in [5.74, 6) is 1.22. The van der Waals surface area contributed by atoms with Crippen LogP contribution in [0.2, 0.25) is 5.02 Å². The van der Waals surface area contributed by atoms with Crippen molar-refractivity contribution in [3.63, 3.8) is 0 Å². The zero-order valence-electron chi connectivity index (χ0n) is 7.63. The molecule has 76 valence electrons. The van der Waals surface area contributed by atoms with Crippen molar-refractivity contribution >= 4 is 11.6 Å². The molecule has 4 nitrogen and oxygen atoms in total. The number of rotatable bonds is 2. The van der Waals surface area contributed by atoms with Gasteiger partial charge in [0.2, 0.25) is 6.79 Å². The Labute approximate surface area is 86.3 Å². The second-order valence-electron chi connectivity index (χ2n) is 3.05. The van der Waals surface area contributed by atoms with Gasteiger partial charge < -0.3 is 14.7 Å². The third-order valence-electron chi connectivity index (χ3n) is 2.19. The smallest absolute Gasteiger partial charge is 0.231 e. The number of nitrogens with one attached hydrogen (secondary N) is 1. The van der Waals surface area contributed by atoms with Crippen LogP contribution in [-0.2, 0) is 6.54 Å². The van der Waals surface area contributed by atoms with Gasteiger partial charge in [-0.1, -0.05) is 11.6 Å². The van der Waals surface area contributed by atoms with Crippen LogP contribution in [0.5, 0.6) is 11.5 Å². The lowest BCUT2D eigenvalue weighted by Crippen LogP contribution is -2.08. The average Bonchev–Trinajstić information content (AvgIpc) is 2.60. The molecule has 0 saturated heterocycles. The second-order valence-corrected chi connectivity index (χ2v) is 3.43. The van der Waals surface area contributed by atoms with Crippen LogP contribution < -0.4 is 15.0 Å². The average molecular weight is 216 g/mol. The van der Waals surface area contributed by atoms with Gasteiger partial charge in [0, 0.05) is 6.54 Å². The van der Waals surface area contributed by atoms with Crippen molar-refractivity contribution in [3.05, 3.63) is 22.2 Å². The molecule has 0 amide bonds. The Balaban J connectivity index is 2.51. The molecule has 2 N–H and O–H groups in total. The highest BCUT2D eigenvalue weighted by Crippen LogP contribution is 2.42. The minimum atomic E-state index is 0.199. The Morgan fingerprint density at radius 3 is 3.07 bits per heavy atom. The lowest BCUT2D eigenvalue weighted by atomic mass is 10.1. The molecule has 0 aliphatic carbocycles. The lowest BCUT2D eigenvalue weighted by molar-refractivity contribution is 0.161. The van der Waals surface area contributed by atoms with Crippen molar-refractivity contribution in [2.45, 2.75) is 13.5 Å². The first-order chi connectivity index (χ1) is 6.74. The van der Waals surface area contributed by atoms with E-state index in [0.717, 1.165) is 11.1 Å². The quantitative estimate of drug-likeness (QED) is 0.740. The van der Waals surface area contributed by atoms with Crippen LogP contribution in [0, 0.1) is 6.92 Å². The Kier molecular flexibility index (Phi) is 2.50. The highest BCUT2D eigenvalue weighted by molar-refractivity contribution is 6.33. The molecule has 1 aliphatic heterocycles. The number of halogens is 1. The van der Waals surface area contributed by atoms with E-state index in [-0.39, 0.29) is 6.79 Å². The van der Waals surface area contributed by atoms with Gasteiger partial charge in [-0.05, 0) is 24.1 Å². The molecule has 0 spiro atoms. The molecule has 0 bridgehead atoms. The molecule has 1 aromatic rings. The molecule has 0 atom stereocenters. The largest absolute Gasteiger partial charge is 0.454 e. The molecule has 1 aromatic carbocycles. The van der Waals surface area contributed by atoms with E-state index in [4.69, 9.17) is 26.3 Å². The normalized spacial score (nSPS) is 13.4. The minimum Gasteiger partial charge on any atom is -0.454 e. The first-order valence-corrected chi connectivity index (χ1v) is 4.56. The zero-order chi connectivity index (χ0) is 10.1. The SMILES string of the molecule is Cc1cc2c(c(Cl)c1CNO)OCO2. The summed E-state index contributed by atoms with van der Waals surface area (Å²) < 4.78 is 10.4. The summed E-state index contributed by atoms with van der Waals surface area (Å²) in [6, 6.07) is 1.85. The van der Waals surface area contributed by atoms with Crippen LogP contribution in [0.4, 0.5) is 0 Å². The third-order valence-corrected chi connectivity index (χ3v) is 2.58. The van der Waals surface area contributed by atoms with E-state index in [1.165, 1.54) is 0 Å². The first-order valence-electron chi connectivity index (χ1n) is 4.18. The first kappa shape index (κ1) is 9.58. The van der Waals surface area contributed by atoms with Crippen LogP contribution >= 0.6 is 11.6 Å². The van der Waals surface area contributed by atoms with Gasteiger partial charge >= 0.3 is 0 Å². The molecule has 0 radical (unpaired) electrons. The van der Waals surface area contributed by atoms with E-state index < -0.39 is 0 Å². The number of hydrogen-bond acceptors (Lipinski definition) is 4. The topological polar surface area (TPSA) is 50.7 Å². The molecular formula is C9H10ClNO3. The van der Waals surface area contributed by atoms with Gasteiger partial charge in [0.15, 0.2) is 11.5 Å². The zero-order valence-corrected chi connectivity index (χ0v) is 8.39. The number of ether oxygens (including phenoxy) is 2. The van der Waals surface area contributed by atoms with Crippen molar-refractivity contribution in [2.24, 2.45) is 0 Å². The molecule has 0 aromatic heterocycles. The molecular weight excluding hydrogens is 206 g/mol. The second kappa shape index (κ2) is 3.65. The fourth-order valence-electron chi connectivity index (χ4n) is 1.46. The number of hydroxylamine groups is 1. The maximum Gasteiger partial charge on any atom is 0.231 e. The van der Waals surface area contributed by atoms with Gasteiger partial charge in [0.1, 0.15) is 0 Å². The van der Waals surface area contributed by atoms with Crippen LogP contribution in [0.25, 0.3) is 0 Å². The Morgan fingerprint density at radius 1 is 1.57 bits per heavy atom. The summed E-state index contributed by atoms with van der Waals surface area (Å²) >= 11 is 6.08. The predicted molar refractivity (Wildman–Crippen MR) is 50.9 cm³/mol. The fraction of sp³-hybridized carbons (Fsp3) is 0.333. The van der Waals surface area contributed by atoms with Gasteiger partial charge in [-0.25, -0.2) is 5.48 Å². The van der Waals surface area contributed by atoms with E-state index in [2.05, 4.69) is 5.48 Å². The predicted octanol–water partition coefficient (Wildman–Crippen LogP) is 1.86. The van der Waals surface area contributed by atoms with Crippen LogP contribution in [0.15, 0.2) is 6.07 Å². The summed E-state index contributed by atoms with van der Waals surface area (Å²) in [4.78, 5) is 0. The summed E-state index contributed by atoms with van der Waals surface area (Å²) in [5.41, 5.74) is 3.85. The number of benzene rings is 1. The summed E-state index contributed by atoms with van der Waals surface area (Å²) in [5, 5.41) is 9.14. The lowest BCUT2D eigenvalue weighted by Gasteiger charge is -2.09. The van der Waals surface area contributed by atoms with Gasteiger partial charge in [-0.2, -0.15) is 0 Å². The van der Waals surface area contributed by atoms with E-state index in [0.29, 0.717) is 23.1 Å². The van der Waals surface area contributed by atoms with Gasteiger partial charge in [-0.3, -0.25) is 0 Å². The highest BCUT2D eigenvalue weighted by atomic mass is 35.5.